The van der Waals surface area contributed by atoms with Gasteiger partial charge in [-0.1, -0.05) is 56.5 Å². The van der Waals surface area contributed by atoms with Crippen LogP contribution >= 0.6 is 0 Å². The summed E-state index contributed by atoms with van der Waals surface area (Å²) < 4.78 is 0. The first-order valence-electron chi connectivity index (χ1n) is 7.20. The summed E-state index contributed by atoms with van der Waals surface area (Å²) in [6, 6.07) is 7.02. The molecule has 18 heavy (non-hydrogen) atoms. The van der Waals surface area contributed by atoms with Crippen LogP contribution in [0.4, 0.5) is 0 Å². The molecule has 2 aliphatic rings. The van der Waals surface area contributed by atoms with E-state index in [1.54, 1.807) is 16.7 Å². The molecule has 1 atom stereocenters. The van der Waals surface area contributed by atoms with E-state index in [0.717, 1.165) is 0 Å². The molecule has 1 aromatic carbocycles. The van der Waals surface area contributed by atoms with Crippen LogP contribution in [0.25, 0.3) is 5.57 Å². The Morgan fingerprint density at radius 3 is 2.44 bits per heavy atom. The summed E-state index contributed by atoms with van der Waals surface area (Å²) in [7, 11) is 0. The van der Waals surface area contributed by atoms with E-state index in [4.69, 9.17) is 0 Å². The van der Waals surface area contributed by atoms with Gasteiger partial charge >= 0.3 is 0 Å². The van der Waals surface area contributed by atoms with Crippen LogP contribution in [-0.4, -0.2) is 0 Å². The topological polar surface area (TPSA) is 0 Å². The summed E-state index contributed by atoms with van der Waals surface area (Å²) in [5, 5.41) is 0. The normalized spacial score (nSPS) is 29.2. The van der Waals surface area contributed by atoms with Crippen molar-refractivity contribution < 1.29 is 0 Å². The number of hydrogen-bond acceptors (Lipinski definition) is 0. The van der Waals surface area contributed by atoms with Gasteiger partial charge in [0.05, 0.1) is 0 Å². The van der Waals surface area contributed by atoms with Crippen LogP contribution < -0.4 is 0 Å². The first-order chi connectivity index (χ1) is 8.36. The summed E-state index contributed by atoms with van der Waals surface area (Å²) >= 11 is 0. The second-order valence-corrected chi connectivity index (χ2v) is 7.12. The minimum Gasteiger partial charge on any atom is -0.0587 e. The highest BCUT2D eigenvalue weighted by molar-refractivity contribution is 5.80. The summed E-state index contributed by atoms with van der Waals surface area (Å²) in [6.45, 7) is 11.9. The number of rotatable bonds is 0. The molecule has 0 radical (unpaired) electrons. The minimum absolute atomic E-state index is 0.299. The quantitative estimate of drug-likeness (QED) is 0.581. The Kier molecular flexibility index (Phi) is 2.33. The van der Waals surface area contributed by atoms with Gasteiger partial charge in [-0.05, 0) is 48.8 Å². The van der Waals surface area contributed by atoms with Crippen LogP contribution in [-0.2, 0) is 5.41 Å². The fraction of sp³-hybridized carbons (Fsp3) is 0.556. The van der Waals surface area contributed by atoms with Crippen LogP contribution in [0.3, 0.4) is 0 Å². The van der Waals surface area contributed by atoms with Gasteiger partial charge in [-0.15, -0.1) is 0 Å². The van der Waals surface area contributed by atoms with E-state index in [9.17, 15) is 0 Å². The fourth-order valence-electron chi connectivity index (χ4n) is 4.65. The second kappa shape index (κ2) is 3.50. The van der Waals surface area contributed by atoms with Gasteiger partial charge in [0.1, 0.15) is 0 Å². The Balaban J connectivity index is 2.29. The zero-order valence-corrected chi connectivity index (χ0v) is 12.4. The lowest BCUT2D eigenvalue weighted by Crippen LogP contribution is -2.35. The van der Waals surface area contributed by atoms with E-state index in [0.29, 0.717) is 10.8 Å². The molecule has 2 aliphatic carbocycles. The Morgan fingerprint density at radius 1 is 1.00 bits per heavy atom. The van der Waals surface area contributed by atoms with Gasteiger partial charge in [0.15, 0.2) is 0 Å². The largest absolute Gasteiger partial charge is 0.0587 e. The third-order valence-electron chi connectivity index (χ3n) is 5.26. The molecule has 1 fully saturated rings. The van der Waals surface area contributed by atoms with Crippen molar-refractivity contribution in [1.29, 1.82) is 0 Å². The van der Waals surface area contributed by atoms with Gasteiger partial charge in [0, 0.05) is 5.41 Å². The van der Waals surface area contributed by atoms with Crippen molar-refractivity contribution in [3.8, 4) is 0 Å². The third-order valence-corrected chi connectivity index (χ3v) is 5.26. The highest BCUT2D eigenvalue weighted by Gasteiger charge is 2.48. The molecule has 0 heteroatoms. The predicted molar refractivity (Wildman–Crippen MR) is 78.8 cm³/mol. The van der Waals surface area contributed by atoms with E-state index in [1.807, 2.05) is 0 Å². The molecule has 0 heterocycles. The van der Waals surface area contributed by atoms with Crippen LogP contribution in [0.1, 0.15) is 63.6 Å². The monoisotopic (exact) mass is 240 g/mol. The molecule has 0 nitrogen and oxygen atoms in total. The van der Waals surface area contributed by atoms with Gasteiger partial charge < -0.3 is 0 Å². The van der Waals surface area contributed by atoms with Crippen LogP contribution in [0, 0.1) is 12.3 Å². The maximum Gasteiger partial charge on any atom is 0.0151 e. The first-order valence-corrected chi connectivity index (χ1v) is 7.20. The number of fused-ring (bicyclic) bond motifs is 3. The molecule has 96 valence electrons. The highest BCUT2D eigenvalue weighted by atomic mass is 14.5. The molecule has 0 spiro atoms. The standard InChI is InChI=1S/C18H24/c1-12-7-8-14-13(2)16-17(3,4)9-6-10-18(16,5)15(14)11-12/h7-8,11H,6,9-10H2,1-5H3. The third kappa shape index (κ3) is 1.38. The minimum atomic E-state index is 0.299. The molecule has 0 amide bonds. The van der Waals surface area contributed by atoms with Gasteiger partial charge in [-0.3, -0.25) is 0 Å². The Labute approximate surface area is 111 Å². The summed E-state index contributed by atoms with van der Waals surface area (Å²) in [5.41, 5.74) is 8.42. The maximum absolute atomic E-state index is 2.47. The molecular weight excluding hydrogens is 216 g/mol. The number of benzene rings is 1. The number of allylic oxidation sites excluding steroid dienone is 2. The summed E-state index contributed by atoms with van der Waals surface area (Å²) in [4.78, 5) is 0. The highest BCUT2D eigenvalue weighted by Crippen LogP contribution is 2.59. The molecule has 0 saturated heterocycles. The Bertz CT molecular complexity index is 545. The molecule has 3 rings (SSSR count). The molecule has 1 saturated carbocycles. The van der Waals surface area contributed by atoms with Crippen LogP contribution in [0.2, 0.25) is 0 Å². The van der Waals surface area contributed by atoms with Crippen molar-refractivity contribution >= 4 is 5.57 Å². The number of aryl methyl sites for hydroxylation is 1. The lowest BCUT2D eigenvalue weighted by atomic mass is 9.60. The van der Waals surface area contributed by atoms with Crippen molar-refractivity contribution in [2.45, 2.75) is 59.3 Å². The van der Waals surface area contributed by atoms with Gasteiger partial charge in [-0.25, -0.2) is 0 Å². The molecule has 0 aromatic heterocycles. The Morgan fingerprint density at radius 2 is 1.72 bits per heavy atom. The lowest BCUT2D eigenvalue weighted by molar-refractivity contribution is 0.265. The van der Waals surface area contributed by atoms with Crippen molar-refractivity contribution in [3.63, 3.8) is 0 Å². The van der Waals surface area contributed by atoms with Crippen molar-refractivity contribution in [1.82, 2.24) is 0 Å². The molecule has 0 aliphatic heterocycles. The molecule has 1 aromatic rings. The lowest BCUT2D eigenvalue weighted by Gasteiger charge is -2.44. The van der Waals surface area contributed by atoms with E-state index < -0.39 is 0 Å². The summed E-state index contributed by atoms with van der Waals surface area (Å²) in [6.07, 6.45) is 4.01. The van der Waals surface area contributed by atoms with E-state index in [2.05, 4.69) is 52.8 Å². The smallest absolute Gasteiger partial charge is 0.0151 e. The molecule has 0 N–H and O–H groups in total. The zero-order valence-electron chi connectivity index (χ0n) is 12.4. The number of hydrogen-bond donors (Lipinski definition) is 0. The van der Waals surface area contributed by atoms with E-state index in [1.165, 1.54) is 30.4 Å². The molecule has 1 unspecified atom stereocenters. The predicted octanol–water partition coefficient (Wildman–Crippen LogP) is 5.25. The van der Waals surface area contributed by atoms with Gasteiger partial charge in [0.25, 0.3) is 0 Å². The Hall–Kier alpha value is -1.04. The zero-order chi connectivity index (χ0) is 13.1. The van der Waals surface area contributed by atoms with E-state index >= 15 is 0 Å². The molecular formula is C18H24. The summed E-state index contributed by atoms with van der Waals surface area (Å²) in [5.74, 6) is 0. The molecule has 0 bridgehead atoms. The average Bonchev–Trinajstić information content (AvgIpc) is 2.48. The fourth-order valence-corrected chi connectivity index (χ4v) is 4.65. The first kappa shape index (κ1) is 12.0. The van der Waals surface area contributed by atoms with Crippen molar-refractivity contribution in [2.24, 2.45) is 5.41 Å². The van der Waals surface area contributed by atoms with Crippen molar-refractivity contribution in [2.75, 3.05) is 0 Å². The van der Waals surface area contributed by atoms with Gasteiger partial charge in [-0.2, -0.15) is 0 Å². The van der Waals surface area contributed by atoms with Gasteiger partial charge in [0.2, 0.25) is 0 Å². The van der Waals surface area contributed by atoms with Crippen LogP contribution in [0.5, 0.6) is 0 Å². The average molecular weight is 240 g/mol. The van der Waals surface area contributed by atoms with Crippen molar-refractivity contribution in [3.05, 3.63) is 40.5 Å². The maximum atomic E-state index is 2.47. The second-order valence-electron chi connectivity index (χ2n) is 7.12. The van der Waals surface area contributed by atoms with E-state index in [-0.39, 0.29) is 0 Å². The van der Waals surface area contributed by atoms with Crippen LogP contribution in [0.15, 0.2) is 23.8 Å². The SMILES string of the molecule is CC1=C2C(C)(C)CCCC2(C)c2cc(C)ccc21.